The maximum absolute atomic E-state index is 12.8. The molecule has 108 valence electrons. The van der Waals surface area contributed by atoms with Gasteiger partial charge >= 0.3 is 5.97 Å². The van der Waals surface area contributed by atoms with Crippen LogP contribution in [-0.2, 0) is 4.84 Å². The Balaban J connectivity index is 2.01. The average molecular weight is 278 g/mol. The molecule has 0 radical (unpaired) electrons. The molecule has 1 aromatic rings. The smallest absolute Gasteiger partial charge is 0.313 e. The molecule has 2 unspecified atom stereocenters. The fourth-order valence-electron chi connectivity index (χ4n) is 2.24. The van der Waals surface area contributed by atoms with Crippen LogP contribution in [0.4, 0.5) is 4.39 Å². The summed E-state index contributed by atoms with van der Waals surface area (Å²) in [5.41, 5.74) is 1.19. The van der Waals surface area contributed by atoms with Crippen molar-refractivity contribution >= 4 is 11.7 Å². The summed E-state index contributed by atoms with van der Waals surface area (Å²) < 4.78 is 12.8. The Bertz CT molecular complexity index is 513. The molecule has 0 aromatic heterocycles. The zero-order valence-corrected chi connectivity index (χ0v) is 12.0. The molecular formula is C15H19FN2O2. The first-order valence-electron chi connectivity index (χ1n) is 6.71. The van der Waals surface area contributed by atoms with Crippen LogP contribution in [-0.4, -0.2) is 36.2 Å². The molecule has 5 heteroatoms. The highest BCUT2D eigenvalue weighted by atomic mass is 19.1. The van der Waals surface area contributed by atoms with Gasteiger partial charge in [0.25, 0.3) is 0 Å². The third-order valence-electron chi connectivity index (χ3n) is 3.71. The number of halogens is 1. The van der Waals surface area contributed by atoms with E-state index in [9.17, 15) is 9.18 Å². The number of oxime groups is 1. The molecule has 1 heterocycles. The Morgan fingerprint density at radius 3 is 2.65 bits per heavy atom. The lowest BCUT2D eigenvalue weighted by atomic mass is 9.93. The van der Waals surface area contributed by atoms with Gasteiger partial charge in [0, 0.05) is 24.9 Å². The molecular weight excluding hydrogens is 259 g/mol. The van der Waals surface area contributed by atoms with Crippen LogP contribution in [0.15, 0.2) is 29.4 Å². The second-order valence-corrected chi connectivity index (χ2v) is 5.36. The summed E-state index contributed by atoms with van der Waals surface area (Å²) >= 11 is 0. The Kier molecular flexibility index (Phi) is 4.49. The van der Waals surface area contributed by atoms with Crippen molar-refractivity contribution < 1.29 is 14.0 Å². The zero-order chi connectivity index (χ0) is 14.7. The number of hydrogen-bond donors (Lipinski definition) is 0. The number of nitrogens with zero attached hydrogens (tertiary/aromatic N) is 2. The highest BCUT2D eigenvalue weighted by Crippen LogP contribution is 2.18. The van der Waals surface area contributed by atoms with E-state index in [1.165, 1.54) is 24.3 Å². The van der Waals surface area contributed by atoms with Crippen LogP contribution >= 0.6 is 0 Å². The molecule has 1 aromatic carbocycles. The van der Waals surface area contributed by atoms with Crippen molar-refractivity contribution in [1.82, 2.24) is 4.90 Å². The predicted octanol–water partition coefficient (Wildman–Crippen LogP) is 2.70. The van der Waals surface area contributed by atoms with E-state index in [1.807, 2.05) is 0 Å². The van der Waals surface area contributed by atoms with E-state index in [1.54, 1.807) is 0 Å². The van der Waals surface area contributed by atoms with Crippen molar-refractivity contribution in [3.8, 4) is 0 Å². The van der Waals surface area contributed by atoms with E-state index in [0.717, 1.165) is 18.7 Å². The van der Waals surface area contributed by atoms with Gasteiger partial charge < -0.3 is 9.74 Å². The zero-order valence-electron chi connectivity index (χ0n) is 12.0. The molecule has 0 spiro atoms. The van der Waals surface area contributed by atoms with Crippen LogP contribution in [0, 0.1) is 11.7 Å². The van der Waals surface area contributed by atoms with Crippen molar-refractivity contribution in [2.75, 3.05) is 13.6 Å². The minimum atomic E-state index is -0.559. The highest BCUT2D eigenvalue weighted by molar-refractivity contribution is 5.91. The first-order chi connectivity index (χ1) is 9.47. The molecule has 2 rings (SSSR count). The summed E-state index contributed by atoms with van der Waals surface area (Å²) in [4.78, 5) is 19.0. The van der Waals surface area contributed by atoms with Gasteiger partial charge in [0.05, 0.1) is 11.3 Å². The second kappa shape index (κ2) is 6.13. The largest absolute Gasteiger partial charge is 0.365 e. The van der Waals surface area contributed by atoms with Gasteiger partial charge in [-0.2, -0.15) is 0 Å². The molecule has 1 aliphatic rings. The van der Waals surface area contributed by atoms with Crippen molar-refractivity contribution in [2.45, 2.75) is 26.3 Å². The van der Waals surface area contributed by atoms with E-state index in [2.05, 4.69) is 31.0 Å². The Morgan fingerprint density at radius 2 is 2.00 bits per heavy atom. The minimum Gasteiger partial charge on any atom is -0.313 e. The maximum atomic E-state index is 12.8. The molecule has 0 saturated carbocycles. The molecule has 0 bridgehead atoms. The number of likely N-dealkylation sites (tertiary alicyclic amines) is 1. The first kappa shape index (κ1) is 14.7. The molecule has 1 aliphatic heterocycles. The second-order valence-electron chi connectivity index (χ2n) is 5.36. The van der Waals surface area contributed by atoms with Crippen LogP contribution < -0.4 is 0 Å². The Morgan fingerprint density at radius 1 is 1.35 bits per heavy atom. The Labute approximate surface area is 118 Å². The molecule has 0 amide bonds. The van der Waals surface area contributed by atoms with E-state index in [4.69, 9.17) is 4.84 Å². The van der Waals surface area contributed by atoms with E-state index >= 15 is 0 Å². The highest BCUT2D eigenvalue weighted by Gasteiger charge is 2.26. The monoisotopic (exact) mass is 278 g/mol. The number of piperidine rings is 1. The molecule has 4 nitrogen and oxygen atoms in total. The quantitative estimate of drug-likeness (QED) is 0.617. The minimum absolute atomic E-state index is 0.261. The number of carbonyl (C=O) groups is 1. The fourth-order valence-corrected chi connectivity index (χ4v) is 2.24. The van der Waals surface area contributed by atoms with Crippen LogP contribution in [0.1, 0.15) is 30.6 Å². The van der Waals surface area contributed by atoms with Gasteiger partial charge in [-0.05, 0) is 38.2 Å². The van der Waals surface area contributed by atoms with E-state index in [-0.39, 0.29) is 11.7 Å². The van der Waals surface area contributed by atoms with Crippen LogP contribution in [0.5, 0.6) is 0 Å². The lowest BCUT2D eigenvalue weighted by Gasteiger charge is -2.34. The summed E-state index contributed by atoms with van der Waals surface area (Å²) in [6, 6.07) is 5.61. The van der Waals surface area contributed by atoms with Gasteiger partial charge in [-0.3, -0.25) is 0 Å². The molecule has 0 N–H and O–H groups in total. The summed E-state index contributed by atoms with van der Waals surface area (Å²) in [5.74, 6) is -0.681. The van der Waals surface area contributed by atoms with Crippen LogP contribution in [0.3, 0.4) is 0 Å². The van der Waals surface area contributed by atoms with Crippen molar-refractivity contribution in [3.63, 3.8) is 0 Å². The summed E-state index contributed by atoms with van der Waals surface area (Å²) in [5, 5.41) is 3.99. The Hall–Kier alpha value is -1.75. The number of rotatable bonds is 2. The number of carbonyl (C=O) groups excluding carboxylic acids is 1. The molecule has 2 atom stereocenters. The van der Waals surface area contributed by atoms with Crippen molar-refractivity contribution in [1.29, 1.82) is 0 Å². The van der Waals surface area contributed by atoms with E-state index in [0.29, 0.717) is 11.6 Å². The lowest BCUT2D eigenvalue weighted by molar-refractivity contribution is 0.0508. The summed E-state index contributed by atoms with van der Waals surface area (Å²) in [6.07, 6.45) is 0.786. The third-order valence-corrected chi connectivity index (χ3v) is 3.71. The van der Waals surface area contributed by atoms with Gasteiger partial charge in [0.2, 0.25) is 0 Å². The van der Waals surface area contributed by atoms with Gasteiger partial charge in [0.15, 0.2) is 0 Å². The van der Waals surface area contributed by atoms with E-state index < -0.39 is 5.97 Å². The van der Waals surface area contributed by atoms with Crippen LogP contribution in [0.2, 0.25) is 0 Å². The summed E-state index contributed by atoms with van der Waals surface area (Å²) in [6.45, 7) is 5.07. The topological polar surface area (TPSA) is 41.9 Å². The first-order valence-corrected chi connectivity index (χ1v) is 6.71. The molecule has 1 saturated heterocycles. The van der Waals surface area contributed by atoms with Gasteiger partial charge in [-0.15, -0.1) is 0 Å². The average Bonchev–Trinajstić information content (AvgIpc) is 2.42. The van der Waals surface area contributed by atoms with Gasteiger partial charge in [-0.1, -0.05) is 12.1 Å². The normalized spacial score (nSPS) is 25.7. The van der Waals surface area contributed by atoms with Gasteiger partial charge in [-0.25, -0.2) is 9.18 Å². The predicted molar refractivity (Wildman–Crippen MR) is 75.1 cm³/mol. The SMILES string of the molecule is CC1CN(C)C(C)C/C1=N\OC(=O)c1ccc(F)cc1. The molecule has 20 heavy (non-hydrogen) atoms. The standard InChI is InChI=1S/C15H19FN2O2/c1-10-9-18(3)11(2)8-14(10)17-20-15(19)12-4-6-13(16)7-5-12/h4-7,10-11H,8-9H2,1-3H3/b17-14+. The van der Waals surface area contributed by atoms with Crippen LogP contribution in [0.25, 0.3) is 0 Å². The van der Waals surface area contributed by atoms with Crippen molar-refractivity contribution in [2.24, 2.45) is 11.1 Å². The third kappa shape index (κ3) is 3.42. The molecule has 1 fully saturated rings. The number of hydrogen-bond acceptors (Lipinski definition) is 4. The lowest BCUT2D eigenvalue weighted by Crippen LogP contribution is -2.43. The number of benzene rings is 1. The summed E-state index contributed by atoms with van der Waals surface area (Å²) in [7, 11) is 2.07. The fraction of sp³-hybridized carbons (Fsp3) is 0.467. The van der Waals surface area contributed by atoms with Gasteiger partial charge in [0.1, 0.15) is 5.82 Å². The molecule has 0 aliphatic carbocycles. The van der Waals surface area contributed by atoms with Crippen molar-refractivity contribution in [3.05, 3.63) is 35.6 Å². The maximum Gasteiger partial charge on any atom is 0.365 e.